The van der Waals surface area contributed by atoms with Crippen LogP contribution in [0.4, 0.5) is 28.8 Å². The average Bonchev–Trinajstić information content (AvgIpc) is 2.03. The topological polar surface area (TPSA) is 470 Å². The van der Waals surface area contributed by atoms with Crippen molar-refractivity contribution in [2.75, 3.05) is 60.3 Å². The van der Waals surface area contributed by atoms with Crippen LogP contribution in [0.3, 0.4) is 0 Å². The Morgan fingerprint density at radius 2 is 0.719 bits per heavy atom. The normalized spacial score (nSPS) is 11.3. The van der Waals surface area contributed by atoms with Gasteiger partial charge in [0.1, 0.15) is 28.7 Å². The van der Waals surface area contributed by atoms with Gasteiger partial charge in [0.25, 0.3) is 29.5 Å². The molecule has 0 unspecified atom stereocenters. The second-order valence-electron chi connectivity index (χ2n) is 30.4. The molecule has 0 aliphatic carbocycles. The van der Waals surface area contributed by atoms with Crippen molar-refractivity contribution in [1.29, 1.82) is 0 Å². The number of nitrogens with zero attached hydrogens (tertiary/aromatic N) is 17. The number of ketones is 8. The molecule has 0 saturated carbocycles. The van der Waals surface area contributed by atoms with Gasteiger partial charge in [0.05, 0.1) is 59.1 Å². The molecule has 10 heterocycles. The average molecular weight is 1660 g/mol. The lowest BCUT2D eigenvalue weighted by atomic mass is 10.0. The molecule has 0 atom stereocenters. The molecule has 0 fully saturated rings. The number of nitrogens with one attached hydrogen (secondary N) is 7. The van der Waals surface area contributed by atoms with Gasteiger partial charge < -0.3 is 87.8 Å². The molecule has 0 aromatic carbocycles. The Kier molecular flexibility index (Phi) is 29.5. The predicted octanol–water partition coefficient (Wildman–Crippen LogP) is 5.33. The number of aryl methyl sites for hydroxylation is 10. The Hall–Kier alpha value is -14.0. The maximum atomic E-state index is 13.7. The molecule has 39 nitrogen and oxygen atoms in total. The van der Waals surface area contributed by atoms with Crippen LogP contribution in [0.5, 0.6) is 0 Å². The van der Waals surface area contributed by atoms with Gasteiger partial charge in [-0.05, 0) is 88.1 Å². The van der Waals surface area contributed by atoms with Gasteiger partial charge in [-0.1, -0.05) is 0 Å². The number of hydrogen-bond acceptors (Lipinski definition) is 22. The van der Waals surface area contributed by atoms with Crippen molar-refractivity contribution < 1.29 is 71.9 Å². The second kappa shape index (κ2) is 40.0. The van der Waals surface area contributed by atoms with E-state index in [0.29, 0.717) is 64.5 Å². The highest BCUT2D eigenvalue weighted by Crippen LogP contribution is 2.23. The number of aromatic nitrogens is 16. The van der Waals surface area contributed by atoms with E-state index < -0.39 is 47.0 Å². The predicted molar refractivity (Wildman–Crippen MR) is 442 cm³/mol. The lowest BCUT2D eigenvalue weighted by Crippen LogP contribution is -2.29. The monoisotopic (exact) mass is 1660 g/mol. The maximum Gasteiger partial charge on any atom is 0.292 e. The van der Waals surface area contributed by atoms with Gasteiger partial charge in [0.2, 0.25) is 40.9 Å². The molecule has 0 aliphatic rings. The first-order chi connectivity index (χ1) is 57.4. The summed E-state index contributed by atoms with van der Waals surface area (Å²) in [6.45, 7) is 2.25. The largest absolute Gasteiger partial charge is 0.351 e. The van der Waals surface area contributed by atoms with E-state index in [2.05, 4.69) is 72.0 Å². The van der Waals surface area contributed by atoms with E-state index in [9.17, 15) is 71.9 Å². The number of unbranched alkanes of at least 4 members (excludes halogenated alkanes) is 1. The number of anilines is 5. The van der Waals surface area contributed by atoms with Crippen LogP contribution in [-0.4, -0.2) is 202 Å². The van der Waals surface area contributed by atoms with Gasteiger partial charge in [0, 0.05) is 210 Å². The Balaban J connectivity index is 0.594. The van der Waals surface area contributed by atoms with Gasteiger partial charge in [-0.25, -0.2) is 29.9 Å². The Morgan fingerprint density at radius 1 is 0.306 bits per heavy atom. The number of rotatable bonds is 45. The lowest BCUT2D eigenvalue weighted by Gasteiger charge is -2.08. The number of carbonyl (C=O) groups is 15. The third kappa shape index (κ3) is 24.1. The molecule has 10 rings (SSSR count). The van der Waals surface area contributed by atoms with E-state index in [-0.39, 0.29) is 200 Å². The molecule has 0 bridgehead atoms. The van der Waals surface area contributed by atoms with Gasteiger partial charge in [-0.2, -0.15) is 0 Å². The molecule has 638 valence electrons. The number of carbonyl (C=O) groups excluding carboxylic acids is 15. The third-order valence-electron chi connectivity index (χ3n) is 19.7. The quantitative estimate of drug-likeness (QED) is 0.0187. The highest BCUT2D eigenvalue weighted by molar-refractivity contribution is 6.07. The summed E-state index contributed by atoms with van der Waals surface area (Å²) in [6, 6.07) is 6.33. The summed E-state index contributed by atoms with van der Waals surface area (Å²) in [7, 11) is 20.2. The summed E-state index contributed by atoms with van der Waals surface area (Å²) in [5, 5.41) is 18.5. The van der Waals surface area contributed by atoms with E-state index in [0.717, 1.165) is 19.4 Å². The van der Waals surface area contributed by atoms with Crippen LogP contribution >= 0.6 is 0 Å². The van der Waals surface area contributed by atoms with E-state index in [4.69, 9.17) is 0 Å². The van der Waals surface area contributed by atoms with Gasteiger partial charge in [-0.15, -0.1) is 0 Å². The summed E-state index contributed by atoms with van der Waals surface area (Å²) in [4.78, 5) is 225. The molecule has 10 aromatic heterocycles. The number of imidazole rings is 6. The highest BCUT2D eigenvalue weighted by atomic mass is 16.2. The van der Waals surface area contributed by atoms with Crippen LogP contribution in [0, 0.1) is 0 Å². The number of Topliss-reactive ketones (excluding diaryl/α,β-unsaturated/α-hetero) is 8. The summed E-state index contributed by atoms with van der Waals surface area (Å²) in [5.41, 5.74) is 4.13. The summed E-state index contributed by atoms with van der Waals surface area (Å²) in [5.74, 6) is -5.21. The van der Waals surface area contributed by atoms with Crippen LogP contribution in [0.25, 0.3) is 0 Å². The van der Waals surface area contributed by atoms with Crippen LogP contribution < -0.4 is 37.2 Å². The molecular formula is C82H100N24O15. The summed E-state index contributed by atoms with van der Waals surface area (Å²) in [6.07, 6.45) is 19.0. The third-order valence-corrected chi connectivity index (χ3v) is 19.7. The Bertz CT molecular complexity index is 5670. The van der Waals surface area contributed by atoms with Crippen molar-refractivity contribution in [2.45, 2.75) is 116 Å². The van der Waals surface area contributed by atoms with Gasteiger partial charge >= 0.3 is 0 Å². The fraction of sp³-hybridized carbons (Fsp3) is 0.402. The van der Waals surface area contributed by atoms with Crippen molar-refractivity contribution in [3.63, 3.8) is 0 Å². The van der Waals surface area contributed by atoms with Crippen LogP contribution in [0.2, 0.25) is 0 Å². The molecule has 0 saturated heterocycles. The van der Waals surface area contributed by atoms with Crippen molar-refractivity contribution in [1.82, 2.24) is 91.1 Å². The zero-order chi connectivity index (χ0) is 87.8. The van der Waals surface area contributed by atoms with Crippen molar-refractivity contribution in [2.24, 2.45) is 70.5 Å². The minimum atomic E-state index is -0.708. The molecule has 121 heavy (non-hydrogen) atoms. The number of hydrogen-bond donors (Lipinski definition) is 7. The molecule has 39 heteroatoms. The fourth-order valence-electron chi connectivity index (χ4n) is 13.8. The van der Waals surface area contributed by atoms with Crippen molar-refractivity contribution in [3.05, 3.63) is 172 Å². The molecular weight excluding hydrogens is 1560 g/mol. The van der Waals surface area contributed by atoms with Crippen LogP contribution in [0.1, 0.15) is 218 Å². The first-order valence-corrected chi connectivity index (χ1v) is 39.2. The van der Waals surface area contributed by atoms with Crippen molar-refractivity contribution in [3.8, 4) is 0 Å². The zero-order valence-electron chi connectivity index (χ0n) is 70.0. The second-order valence-corrected chi connectivity index (χ2v) is 30.4. The van der Waals surface area contributed by atoms with Gasteiger partial charge in [0.15, 0.2) is 52.3 Å². The molecule has 0 aliphatic heterocycles. The highest BCUT2D eigenvalue weighted by Gasteiger charge is 2.28. The molecule has 7 N–H and O–H groups in total. The smallest absolute Gasteiger partial charge is 0.292 e. The molecule has 0 spiro atoms. The first kappa shape index (κ1) is 89.3. The molecule has 7 amide bonds. The first-order valence-electron chi connectivity index (χ1n) is 39.2. The SMILES string of the molecule is CC(=O)Nc1cn(C)c(C(=O)Nc2cn(C)c(C(=O)Nc3cn(C)c(C(=O)NCCC(=O)Nc4cc(C(=O)Nc5cc(C(=O)NCCCC(=O)Cc6cn(C)c(C(=O)Cc7cn(C)c(C(=O)Cc8cn(C)c(C(=O)CCCC(=O)Cc9cc(C(=O)Cc%10cc(C(=O)CCCC(=O)CCCCN(C)C)n(C)c%10)n(C)c9)n8)n7)n6)n(C)c5)n(C)c4)n3)n2)n1. The summed E-state index contributed by atoms with van der Waals surface area (Å²) >= 11 is 0. The Labute approximate surface area is 695 Å². The number of amides is 7. The van der Waals surface area contributed by atoms with Crippen LogP contribution in [-0.2, 0) is 127 Å². The lowest BCUT2D eigenvalue weighted by molar-refractivity contribution is -0.119. The zero-order valence-corrected chi connectivity index (χ0v) is 70.0. The van der Waals surface area contributed by atoms with E-state index in [1.165, 1.54) is 94.5 Å². The van der Waals surface area contributed by atoms with E-state index in [1.54, 1.807) is 115 Å². The summed E-state index contributed by atoms with van der Waals surface area (Å²) < 4.78 is 15.1. The molecule has 10 aromatic rings. The van der Waals surface area contributed by atoms with Gasteiger partial charge in [-0.3, -0.25) is 71.9 Å². The van der Waals surface area contributed by atoms with Crippen LogP contribution in [0.15, 0.2) is 86.2 Å². The minimum absolute atomic E-state index is 0.00892. The fourth-order valence-corrected chi connectivity index (χ4v) is 13.8. The Morgan fingerprint density at radius 3 is 1.25 bits per heavy atom. The van der Waals surface area contributed by atoms with Crippen molar-refractivity contribution >= 4 is 116 Å². The van der Waals surface area contributed by atoms with E-state index >= 15 is 0 Å². The standard InChI is InChI=1S/C82H100N24O15/c1-48(107)85-68-45-105(12)76(91-68)81(120)95-70-47-106(13)77(93-70)82(121)94-69-46-104(11)75(92-69)80(119)84-27-25-71(116)86-52-34-62(100(7)40-52)79(118)90-53-35-61(99(6)41-53)78(117)83-26-18-22-58(110)33-51-42-102(9)73(87-51)66(114)37-55-44-103(10)74(89-55)67(115)36-54-43-101(8)72(88-54)64(112)24-17-21-57(109)29-49-30-60(98(5)38-49)65(113)32-50-31-59(97(4)39-50)63(111)23-16-20-56(108)19-14-15-28-96(2)3/h30-31,34-35,38-47H,14-29,32-33,36-37H2,1-13H3,(H,83,117)(H,84,119)(H,85,107)(H,86,116)(H,90,118)(H,94,121)(H,95,120). The maximum absolute atomic E-state index is 13.7. The molecule has 0 radical (unpaired) electrons. The van der Waals surface area contributed by atoms with E-state index in [1.807, 2.05) is 14.1 Å². The minimum Gasteiger partial charge on any atom is -0.351 e.